The minimum atomic E-state index is -0.185. The van der Waals surface area contributed by atoms with Crippen molar-refractivity contribution in [3.63, 3.8) is 0 Å². The van der Waals surface area contributed by atoms with E-state index in [0.29, 0.717) is 23.7 Å². The van der Waals surface area contributed by atoms with Gasteiger partial charge in [0.05, 0.1) is 7.11 Å². The van der Waals surface area contributed by atoms with Crippen LogP contribution in [0.15, 0.2) is 30.9 Å². The summed E-state index contributed by atoms with van der Waals surface area (Å²) in [5.74, 6) is 0.887. The lowest BCUT2D eigenvalue weighted by Gasteiger charge is -2.31. The third kappa shape index (κ3) is 3.38. The minimum absolute atomic E-state index is 0.0176. The quantitative estimate of drug-likeness (QED) is 0.792. The minimum Gasteiger partial charge on any atom is -0.497 e. The molecule has 0 saturated carbocycles. The number of halogens is 1. The second kappa shape index (κ2) is 6.55. The molecule has 0 unspecified atom stereocenters. The molecule has 0 N–H and O–H groups in total. The summed E-state index contributed by atoms with van der Waals surface area (Å²) in [5, 5.41) is 0. The van der Waals surface area contributed by atoms with E-state index in [-0.39, 0.29) is 11.7 Å². The Balaban J connectivity index is 1.95. The molecule has 0 radical (unpaired) electrons. The fraction of sp³-hybridized carbons (Fsp3) is 0.438. The highest BCUT2D eigenvalue weighted by Gasteiger charge is 2.22. The highest BCUT2D eigenvalue weighted by atomic mass is 19.1. The van der Waals surface area contributed by atoms with Gasteiger partial charge < -0.3 is 9.64 Å². The van der Waals surface area contributed by atoms with E-state index in [4.69, 9.17) is 4.74 Å². The van der Waals surface area contributed by atoms with Crippen molar-refractivity contribution in [2.24, 2.45) is 5.92 Å². The van der Waals surface area contributed by atoms with Crippen LogP contribution >= 0.6 is 0 Å². The Morgan fingerprint density at radius 1 is 1.50 bits per heavy atom. The molecule has 1 amide bonds. The molecule has 1 fully saturated rings. The van der Waals surface area contributed by atoms with Gasteiger partial charge in [0.25, 0.3) is 0 Å². The Bertz CT molecular complexity index is 493. The van der Waals surface area contributed by atoms with Gasteiger partial charge in [-0.1, -0.05) is 6.58 Å². The summed E-state index contributed by atoms with van der Waals surface area (Å²) in [6.07, 6.45) is 3.84. The molecule has 0 bridgehead atoms. The maximum atomic E-state index is 13.8. The van der Waals surface area contributed by atoms with Gasteiger partial charge in [-0.25, -0.2) is 4.39 Å². The molecular weight excluding hydrogens is 257 g/mol. The molecule has 0 aliphatic carbocycles. The van der Waals surface area contributed by atoms with E-state index in [0.717, 1.165) is 25.9 Å². The number of rotatable bonds is 4. The van der Waals surface area contributed by atoms with Crippen molar-refractivity contribution in [2.45, 2.75) is 19.3 Å². The number of ether oxygens (including phenoxy) is 1. The normalized spacial score (nSPS) is 16.0. The number of likely N-dealkylation sites (tertiary alicyclic amines) is 1. The van der Waals surface area contributed by atoms with Gasteiger partial charge >= 0.3 is 0 Å². The molecule has 1 aromatic carbocycles. The van der Waals surface area contributed by atoms with Crippen molar-refractivity contribution < 1.29 is 13.9 Å². The molecule has 1 heterocycles. The van der Waals surface area contributed by atoms with Crippen LogP contribution in [0, 0.1) is 11.7 Å². The molecule has 4 heteroatoms. The van der Waals surface area contributed by atoms with Gasteiger partial charge in [0, 0.05) is 13.1 Å². The first-order chi connectivity index (χ1) is 9.63. The number of amides is 1. The van der Waals surface area contributed by atoms with Crippen LogP contribution in [0.3, 0.4) is 0 Å². The number of carbonyl (C=O) groups excluding carboxylic acids is 1. The zero-order valence-corrected chi connectivity index (χ0v) is 11.8. The Morgan fingerprint density at radius 2 is 2.20 bits per heavy atom. The Hall–Kier alpha value is -1.84. The number of carbonyl (C=O) groups is 1. The average Bonchev–Trinajstić information content (AvgIpc) is 2.49. The molecule has 0 aromatic heterocycles. The third-order valence-electron chi connectivity index (χ3n) is 3.86. The number of piperidine rings is 1. The van der Waals surface area contributed by atoms with Crippen molar-refractivity contribution in [1.29, 1.82) is 0 Å². The third-order valence-corrected chi connectivity index (χ3v) is 3.86. The maximum Gasteiger partial charge on any atom is 0.245 e. The summed E-state index contributed by atoms with van der Waals surface area (Å²) in [5.41, 5.74) is 0.692. The van der Waals surface area contributed by atoms with Crippen LogP contribution in [-0.4, -0.2) is 31.0 Å². The highest BCUT2D eigenvalue weighted by molar-refractivity contribution is 5.87. The summed E-state index contributed by atoms with van der Waals surface area (Å²) >= 11 is 0. The maximum absolute atomic E-state index is 13.8. The molecule has 108 valence electrons. The van der Waals surface area contributed by atoms with Crippen LogP contribution in [0.1, 0.15) is 18.4 Å². The molecule has 1 aliphatic heterocycles. The highest BCUT2D eigenvalue weighted by Crippen LogP contribution is 2.25. The fourth-order valence-corrected chi connectivity index (χ4v) is 2.63. The summed E-state index contributed by atoms with van der Waals surface area (Å²) in [6, 6.07) is 4.84. The summed E-state index contributed by atoms with van der Waals surface area (Å²) in [7, 11) is 1.58. The molecule has 0 atom stereocenters. The second-order valence-electron chi connectivity index (χ2n) is 5.13. The molecule has 1 saturated heterocycles. The van der Waals surface area contributed by atoms with E-state index in [1.54, 1.807) is 24.1 Å². The number of benzene rings is 1. The molecule has 0 spiro atoms. The van der Waals surface area contributed by atoms with Gasteiger partial charge in [-0.3, -0.25) is 4.79 Å². The van der Waals surface area contributed by atoms with Gasteiger partial charge in [-0.15, -0.1) is 0 Å². The van der Waals surface area contributed by atoms with Crippen molar-refractivity contribution >= 4 is 5.91 Å². The van der Waals surface area contributed by atoms with Crippen molar-refractivity contribution in [3.05, 3.63) is 42.2 Å². The SMILES string of the molecule is C=CC(=O)N1CCC(Cc2cc(OC)ccc2F)CC1. The summed E-state index contributed by atoms with van der Waals surface area (Å²) in [4.78, 5) is 13.3. The predicted octanol–water partition coefficient (Wildman–Crippen LogP) is 2.80. The molecule has 1 aromatic rings. The topological polar surface area (TPSA) is 29.5 Å². The smallest absolute Gasteiger partial charge is 0.245 e. The van der Waals surface area contributed by atoms with Gasteiger partial charge in [-0.2, -0.15) is 0 Å². The van der Waals surface area contributed by atoms with Crippen LogP contribution in [0.2, 0.25) is 0 Å². The van der Waals surface area contributed by atoms with Crippen molar-refractivity contribution in [1.82, 2.24) is 4.90 Å². The zero-order valence-electron chi connectivity index (χ0n) is 11.8. The standard InChI is InChI=1S/C16H20FNO2/c1-3-16(19)18-8-6-12(7-9-18)10-13-11-14(20-2)4-5-15(13)17/h3-5,11-12H,1,6-10H2,2H3. The number of methoxy groups -OCH3 is 1. The molecule has 20 heavy (non-hydrogen) atoms. The van der Waals surface area contributed by atoms with Crippen molar-refractivity contribution in [3.8, 4) is 5.75 Å². The predicted molar refractivity (Wildman–Crippen MR) is 76.2 cm³/mol. The van der Waals surface area contributed by atoms with Crippen LogP contribution in [0.5, 0.6) is 5.75 Å². The Labute approximate surface area is 119 Å². The number of hydrogen-bond acceptors (Lipinski definition) is 2. The van der Waals surface area contributed by atoms with Crippen LogP contribution in [-0.2, 0) is 11.2 Å². The van der Waals surface area contributed by atoms with E-state index in [2.05, 4.69) is 6.58 Å². The average molecular weight is 277 g/mol. The lowest BCUT2D eigenvalue weighted by molar-refractivity contribution is -0.127. The molecule has 1 aliphatic rings. The number of nitrogens with zero attached hydrogens (tertiary/aromatic N) is 1. The largest absolute Gasteiger partial charge is 0.497 e. The van der Waals surface area contributed by atoms with Gasteiger partial charge in [0.1, 0.15) is 11.6 Å². The second-order valence-corrected chi connectivity index (χ2v) is 5.13. The van der Waals surface area contributed by atoms with Gasteiger partial charge in [-0.05, 0) is 55.0 Å². The molecule has 2 rings (SSSR count). The van der Waals surface area contributed by atoms with Gasteiger partial charge in [0.2, 0.25) is 5.91 Å². The first kappa shape index (κ1) is 14.6. The van der Waals surface area contributed by atoms with E-state index in [1.165, 1.54) is 12.1 Å². The van der Waals surface area contributed by atoms with Gasteiger partial charge in [0.15, 0.2) is 0 Å². The summed E-state index contributed by atoms with van der Waals surface area (Å²) in [6.45, 7) is 4.95. The van der Waals surface area contributed by atoms with Crippen molar-refractivity contribution in [2.75, 3.05) is 20.2 Å². The van der Waals surface area contributed by atoms with E-state index >= 15 is 0 Å². The Morgan fingerprint density at radius 3 is 2.80 bits per heavy atom. The first-order valence-electron chi connectivity index (χ1n) is 6.87. The van der Waals surface area contributed by atoms with E-state index in [1.807, 2.05) is 0 Å². The monoisotopic (exact) mass is 277 g/mol. The van der Waals surface area contributed by atoms with E-state index < -0.39 is 0 Å². The molecular formula is C16H20FNO2. The molecule has 3 nitrogen and oxygen atoms in total. The summed E-state index contributed by atoms with van der Waals surface area (Å²) < 4.78 is 18.9. The lowest BCUT2D eigenvalue weighted by atomic mass is 9.90. The van der Waals surface area contributed by atoms with Crippen LogP contribution in [0.4, 0.5) is 4.39 Å². The van der Waals surface area contributed by atoms with E-state index in [9.17, 15) is 9.18 Å². The van der Waals surface area contributed by atoms with Crippen LogP contribution in [0.25, 0.3) is 0 Å². The number of hydrogen-bond donors (Lipinski definition) is 0. The van der Waals surface area contributed by atoms with Crippen LogP contribution < -0.4 is 4.74 Å². The first-order valence-corrected chi connectivity index (χ1v) is 6.87. The Kier molecular flexibility index (Phi) is 4.77. The fourth-order valence-electron chi connectivity index (χ4n) is 2.63. The lowest BCUT2D eigenvalue weighted by Crippen LogP contribution is -2.37. The zero-order chi connectivity index (χ0) is 14.5.